The molecule has 0 aliphatic carbocycles. The monoisotopic (exact) mass is 356 g/mol. The summed E-state index contributed by atoms with van der Waals surface area (Å²) < 4.78 is 0. The van der Waals surface area contributed by atoms with Gasteiger partial charge in [-0.25, -0.2) is 0 Å². The molecule has 0 atom stereocenters. The van der Waals surface area contributed by atoms with Crippen LogP contribution in [-0.4, -0.2) is 0 Å². The Hall–Kier alpha value is 0.363. The predicted molar refractivity (Wildman–Crippen MR) is 43.7 cm³/mol. The fourth-order valence-corrected chi connectivity index (χ4v) is 0.478. The zero-order chi connectivity index (χ0) is 5.11. The van der Waals surface area contributed by atoms with E-state index in [1.54, 1.807) is 0 Å². The minimum Gasteiger partial charge on any atom is -0.358 e. The Morgan fingerprint density at radius 2 is 1.27 bits per heavy atom. The van der Waals surface area contributed by atoms with E-state index < -0.39 is 0 Å². The molecule has 11 heavy (non-hydrogen) atoms. The van der Waals surface area contributed by atoms with Crippen molar-refractivity contribution in [1.29, 1.82) is 0 Å². The third-order valence-corrected chi connectivity index (χ3v) is 0.843. The van der Waals surface area contributed by atoms with Crippen molar-refractivity contribution in [1.82, 2.24) is 0 Å². The van der Waals surface area contributed by atoms with Crippen molar-refractivity contribution in [3.8, 4) is 0 Å². The van der Waals surface area contributed by atoms with Crippen molar-refractivity contribution in [2.75, 3.05) is 0 Å². The molecule has 0 amide bonds. The molecule has 0 bridgehead atoms. The van der Waals surface area contributed by atoms with E-state index in [9.17, 15) is 0 Å². The van der Waals surface area contributed by atoms with Crippen molar-refractivity contribution < 1.29 is 39.6 Å². The van der Waals surface area contributed by atoms with Crippen LogP contribution in [0.1, 0.15) is 5.56 Å². The van der Waals surface area contributed by atoms with Crippen molar-refractivity contribution in [2.45, 2.75) is 0 Å². The Kier molecular flexibility index (Phi) is 26.6. The fraction of sp³-hybridized carbons (Fsp3) is 0. The molecule has 1 aromatic carbocycles. The van der Waals surface area contributed by atoms with Crippen LogP contribution in [0, 0.1) is 21.8 Å². The summed E-state index contributed by atoms with van der Waals surface area (Å²) in [6.45, 7) is 3.72. The van der Waals surface area contributed by atoms with Gasteiger partial charge in [0.05, 0.1) is 0 Å². The molecule has 0 aliphatic heterocycles. The largest absolute Gasteiger partial charge is 2.00 e. The van der Waals surface area contributed by atoms with Gasteiger partial charge in [0.15, 0.2) is 0 Å². The Labute approximate surface area is 96.9 Å². The van der Waals surface area contributed by atoms with Crippen LogP contribution < -0.4 is 0 Å². The summed E-state index contributed by atoms with van der Waals surface area (Å²) in [4.78, 5) is 0. The normalized spacial score (nSPS) is 5.45. The van der Waals surface area contributed by atoms with Crippen LogP contribution in [0.5, 0.6) is 0 Å². The van der Waals surface area contributed by atoms with Crippen molar-refractivity contribution in [2.24, 2.45) is 0 Å². The van der Waals surface area contributed by atoms with Gasteiger partial charge in [-0.3, -0.25) is 0 Å². The molecule has 0 aliphatic rings. The molecule has 2 heteroatoms. The van der Waals surface area contributed by atoms with Crippen LogP contribution >= 0.6 is 0 Å². The number of hydrogen-bond donors (Lipinski definition) is 0. The van der Waals surface area contributed by atoms with Crippen LogP contribution in [-0.2, 0) is 39.6 Å². The average molecular weight is 356 g/mol. The van der Waals surface area contributed by atoms with E-state index in [1.165, 1.54) is 0 Å². The van der Waals surface area contributed by atoms with Crippen LogP contribution in [0.15, 0.2) is 30.3 Å². The molecule has 1 radical (unpaired) electrons. The number of hydrogen-bond acceptors (Lipinski definition) is 0. The second-order valence-corrected chi connectivity index (χ2v) is 1.49. The van der Waals surface area contributed by atoms with E-state index in [1.807, 2.05) is 30.3 Å². The summed E-state index contributed by atoms with van der Waals surface area (Å²) in [5.74, 6) is 0. The van der Waals surface area contributed by atoms with E-state index >= 15 is 0 Å². The number of benzene rings is 1. The Balaban J connectivity index is -0.0000000612. The minimum atomic E-state index is 0. The SMILES string of the molecule is [CH2-]c1ccccc1.[CH3-].[CH3-].[V].[W+2]. The molecule has 0 saturated heterocycles. The van der Waals surface area contributed by atoms with Crippen molar-refractivity contribution in [3.05, 3.63) is 57.7 Å². The van der Waals surface area contributed by atoms with Crippen molar-refractivity contribution in [3.63, 3.8) is 0 Å². The molecular formula is C9H13VW-. The fourth-order valence-electron chi connectivity index (χ4n) is 0.478. The summed E-state index contributed by atoms with van der Waals surface area (Å²) in [5, 5.41) is 0. The third-order valence-electron chi connectivity index (χ3n) is 0.843. The quantitative estimate of drug-likeness (QED) is 0.628. The van der Waals surface area contributed by atoms with Crippen LogP contribution in [0.2, 0.25) is 0 Å². The first kappa shape index (κ1) is 22.5. The molecule has 1 aromatic rings. The van der Waals surface area contributed by atoms with Gasteiger partial charge in [-0.15, -0.1) is 12.1 Å². The van der Waals surface area contributed by atoms with E-state index in [-0.39, 0.29) is 54.5 Å². The summed E-state index contributed by atoms with van der Waals surface area (Å²) >= 11 is 0. The zero-order valence-electron chi connectivity index (χ0n) is 6.95. The second-order valence-electron chi connectivity index (χ2n) is 1.49. The van der Waals surface area contributed by atoms with Gasteiger partial charge < -0.3 is 14.9 Å². The molecule has 61 valence electrons. The molecule has 0 unspecified atom stereocenters. The number of rotatable bonds is 0. The summed E-state index contributed by atoms with van der Waals surface area (Å²) in [5.41, 5.74) is 1.07. The maximum absolute atomic E-state index is 3.72. The van der Waals surface area contributed by atoms with Crippen LogP contribution in [0.3, 0.4) is 0 Å². The van der Waals surface area contributed by atoms with E-state index in [4.69, 9.17) is 0 Å². The van der Waals surface area contributed by atoms with Gasteiger partial charge in [0.25, 0.3) is 0 Å². The molecule has 0 heterocycles. The van der Waals surface area contributed by atoms with Gasteiger partial charge in [0.2, 0.25) is 0 Å². The first-order chi connectivity index (χ1) is 3.39. The molecule has 0 saturated carbocycles. The molecule has 0 N–H and O–H groups in total. The van der Waals surface area contributed by atoms with Crippen molar-refractivity contribution >= 4 is 0 Å². The van der Waals surface area contributed by atoms with E-state index in [0.717, 1.165) is 5.56 Å². The first-order valence-electron chi connectivity index (χ1n) is 2.26. The summed E-state index contributed by atoms with van der Waals surface area (Å²) in [6.07, 6.45) is 0. The first-order valence-corrected chi connectivity index (χ1v) is 2.26. The average Bonchev–Trinajstić information content (AvgIpc) is 1.69. The third kappa shape index (κ3) is 10.4. The van der Waals surface area contributed by atoms with Crippen LogP contribution in [0.25, 0.3) is 0 Å². The zero-order valence-corrected chi connectivity index (χ0v) is 11.3. The summed E-state index contributed by atoms with van der Waals surface area (Å²) in [7, 11) is 0. The van der Waals surface area contributed by atoms with E-state index in [2.05, 4.69) is 6.92 Å². The van der Waals surface area contributed by atoms with Crippen LogP contribution in [0.4, 0.5) is 0 Å². The maximum atomic E-state index is 3.72. The Morgan fingerprint density at radius 1 is 0.909 bits per heavy atom. The summed E-state index contributed by atoms with van der Waals surface area (Å²) in [6, 6.07) is 9.87. The maximum Gasteiger partial charge on any atom is 2.00 e. The van der Waals surface area contributed by atoms with Gasteiger partial charge in [-0.1, -0.05) is 6.07 Å². The van der Waals surface area contributed by atoms with E-state index in [0.29, 0.717) is 0 Å². The Bertz CT molecular complexity index is 139. The van der Waals surface area contributed by atoms with Gasteiger partial charge in [-0.05, 0) is 0 Å². The van der Waals surface area contributed by atoms with Gasteiger partial charge in [0.1, 0.15) is 0 Å². The molecule has 0 nitrogen and oxygen atoms in total. The Morgan fingerprint density at radius 3 is 1.45 bits per heavy atom. The molecule has 1 rings (SSSR count). The topological polar surface area (TPSA) is 0 Å². The molecule has 0 spiro atoms. The van der Waals surface area contributed by atoms with Gasteiger partial charge in [-0.2, -0.15) is 24.6 Å². The molecule has 0 fully saturated rings. The molecular weight excluding hydrogens is 343 g/mol. The minimum absolute atomic E-state index is 0. The standard InChI is InChI=1S/C7H7.2CH3.V.W/c1-7-5-3-2-4-6-7;;;;/h2-6H,1H2;2*1H3;;/q3*-1;;+2. The predicted octanol–water partition coefficient (Wildman–Crippen LogP) is 2.76. The second kappa shape index (κ2) is 13.0. The van der Waals surface area contributed by atoms with Gasteiger partial charge in [0, 0.05) is 18.6 Å². The smallest absolute Gasteiger partial charge is 0.358 e. The van der Waals surface area contributed by atoms with Gasteiger partial charge >= 0.3 is 21.1 Å². The molecule has 0 aromatic heterocycles.